The van der Waals surface area contributed by atoms with E-state index in [1.165, 1.54) is 0 Å². The molecule has 18 heavy (non-hydrogen) atoms. The number of carbonyl (C=O) groups excluding carboxylic acids is 1. The first-order valence-electron chi connectivity index (χ1n) is 6.54. The fourth-order valence-electron chi connectivity index (χ4n) is 1.68. The van der Waals surface area contributed by atoms with Gasteiger partial charge in [0.2, 0.25) is 5.91 Å². The van der Waals surface area contributed by atoms with Crippen LogP contribution in [-0.4, -0.2) is 63.5 Å². The van der Waals surface area contributed by atoms with Gasteiger partial charge in [-0.2, -0.15) is 0 Å². The van der Waals surface area contributed by atoms with E-state index in [4.69, 9.17) is 14.2 Å². The summed E-state index contributed by atoms with van der Waals surface area (Å²) in [4.78, 5) is 14.0. The summed E-state index contributed by atoms with van der Waals surface area (Å²) in [6, 6.07) is 0. The second-order valence-corrected chi connectivity index (χ2v) is 5.38. The Morgan fingerprint density at radius 2 is 1.22 bits per heavy atom. The van der Waals surface area contributed by atoms with Gasteiger partial charge in [0.05, 0.1) is 39.6 Å². The summed E-state index contributed by atoms with van der Waals surface area (Å²) in [7, 11) is 0. The Morgan fingerprint density at radius 1 is 0.833 bits per heavy atom. The summed E-state index contributed by atoms with van der Waals surface area (Å²) in [5.74, 6) is 0.142. The molecule has 0 aliphatic carbocycles. The fourth-order valence-corrected chi connectivity index (χ4v) is 1.68. The maximum Gasteiger partial charge on any atom is 0.228 e. The van der Waals surface area contributed by atoms with E-state index in [0.717, 1.165) is 0 Å². The molecule has 1 fully saturated rings. The SMILES string of the molecule is CC(C)(C)C(=O)N1CCOCCOCCOCC1. The topological polar surface area (TPSA) is 48.0 Å². The Kier molecular flexibility index (Phi) is 6.60. The van der Waals surface area contributed by atoms with Gasteiger partial charge in [-0.3, -0.25) is 4.79 Å². The van der Waals surface area contributed by atoms with Gasteiger partial charge in [0.1, 0.15) is 0 Å². The lowest BCUT2D eigenvalue weighted by atomic mass is 9.95. The molecule has 5 nitrogen and oxygen atoms in total. The third-order valence-corrected chi connectivity index (χ3v) is 2.68. The van der Waals surface area contributed by atoms with E-state index in [1.807, 2.05) is 25.7 Å². The summed E-state index contributed by atoms with van der Waals surface area (Å²) in [6.07, 6.45) is 0. The van der Waals surface area contributed by atoms with Crippen LogP contribution < -0.4 is 0 Å². The molecule has 1 heterocycles. The largest absolute Gasteiger partial charge is 0.377 e. The molecule has 0 N–H and O–H groups in total. The Labute approximate surface area is 109 Å². The summed E-state index contributed by atoms with van der Waals surface area (Å²) < 4.78 is 16.2. The second-order valence-electron chi connectivity index (χ2n) is 5.38. The van der Waals surface area contributed by atoms with Crippen LogP contribution in [0.1, 0.15) is 20.8 Å². The van der Waals surface area contributed by atoms with Crippen LogP contribution in [0, 0.1) is 5.41 Å². The van der Waals surface area contributed by atoms with Crippen molar-refractivity contribution in [1.82, 2.24) is 4.90 Å². The monoisotopic (exact) mass is 259 g/mol. The van der Waals surface area contributed by atoms with Gasteiger partial charge < -0.3 is 19.1 Å². The van der Waals surface area contributed by atoms with Gasteiger partial charge in [-0.05, 0) is 0 Å². The first-order chi connectivity index (χ1) is 8.52. The third kappa shape index (κ3) is 5.80. The highest BCUT2D eigenvalue weighted by atomic mass is 16.5. The van der Waals surface area contributed by atoms with Crippen LogP contribution in [0.4, 0.5) is 0 Å². The van der Waals surface area contributed by atoms with Crippen molar-refractivity contribution < 1.29 is 19.0 Å². The first kappa shape index (κ1) is 15.4. The van der Waals surface area contributed by atoms with E-state index >= 15 is 0 Å². The molecule has 1 aliphatic heterocycles. The number of carbonyl (C=O) groups is 1. The van der Waals surface area contributed by atoms with Crippen LogP contribution in [0.2, 0.25) is 0 Å². The van der Waals surface area contributed by atoms with Crippen molar-refractivity contribution in [3.63, 3.8) is 0 Å². The number of nitrogens with zero attached hydrogens (tertiary/aromatic N) is 1. The van der Waals surface area contributed by atoms with E-state index in [2.05, 4.69) is 0 Å². The Balaban J connectivity index is 2.48. The minimum Gasteiger partial charge on any atom is -0.377 e. The van der Waals surface area contributed by atoms with Crippen molar-refractivity contribution in [2.75, 3.05) is 52.7 Å². The second kappa shape index (κ2) is 7.71. The van der Waals surface area contributed by atoms with Gasteiger partial charge in [0.15, 0.2) is 0 Å². The lowest BCUT2D eigenvalue weighted by Gasteiger charge is -2.29. The molecule has 0 bridgehead atoms. The average molecular weight is 259 g/mol. The zero-order valence-corrected chi connectivity index (χ0v) is 11.7. The maximum absolute atomic E-state index is 12.2. The minimum absolute atomic E-state index is 0.142. The number of ether oxygens (including phenoxy) is 3. The highest BCUT2D eigenvalue weighted by Crippen LogP contribution is 2.17. The first-order valence-corrected chi connectivity index (χ1v) is 6.54. The smallest absolute Gasteiger partial charge is 0.228 e. The van der Waals surface area contributed by atoms with Gasteiger partial charge in [0, 0.05) is 18.5 Å². The van der Waals surface area contributed by atoms with Gasteiger partial charge >= 0.3 is 0 Å². The molecule has 1 amide bonds. The summed E-state index contributed by atoms with van der Waals surface area (Å²) in [6.45, 7) is 10.4. The van der Waals surface area contributed by atoms with E-state index in [1.54, 1.807) is 0 Å². The van der Waals surface area contributed by atoms with Crippen LogP contribution in [-0.2, 0) is 19.0 Å². The summed E-state index contributed by atoms with van der Waals surface area (Å²) in [5.41, 5.74) is -0.361. The Hall–Kier alpha value is -0.650. The lowest BCUT2D eigenvalue weighted by Crippen LogP contribution is -2.43. The molecule has 0 spiro atoms. The molecule has 0 aromatic carbocycles. The zero-order chi connectivity index (χ0) is 13.4. The minimum atomic E-state index is -0.361. The normalized spacial score (nSPS) is 20.9. The van der Waals surface area contributed by atoms with Crippen molar-refractivity contribution in [2.45, 2.75) is 20.8 Å². The molecular weight excluding hydrogens is 234 g/mol. The molecule has 0 aromatic heterocycles. The summed E-state index contributed by atoms with van der Waals surface area (Å²) >= 11 is 0. The van der Waals surface area contributed by atoms with Crippen molar-refractivity contribution in [1.29, 1.82) is 0 Å². The zero-order valence-electron chi connectivity index (χ0n) is 11.7. The van der Waals surface area contributed by atoms with Crippen molar-refractivity contribution in [3.05, 3.63) is 0 Å². The number of amides is 1. The Bertz CT molecular complexity index is 238. The molecule has 5 heteroatoms. The van der Waals surface area contributed by atoms with E-state index in [-0.39, 0.29) is 11.3 Å². The van der Waals surface area contributed by atoms with Crippen molar-refractivity contribution in [2.24, 2.45) is 5.41 Å². The molecule has 0 unspecified atom stereocenters. The maximum atomic E-state index is 12.2. The Morgan fingerprint density at radius 3 is 1.61 bits per heavy atom. The van der Waals surface area contributed by atoms with Crippen LogP contribution >= 0.6 is 0 Å². The number of hydrogen-bond acceptors (Lipinski definition) is 4. The van der Waals surface area contributed by atoms with E-state index in [0.29, 0.717) is 52.7 Å². The van der Waals surface area contributed by atoms with Crippen LogP contribution in [0.15, 0.2) is 0 Å². The van der Waals surface area contributed by atoms with E-state index in [9.17, 15) is 4.79 Å². The van der Waals surface area contributed by atoms with Gasteiger partial charge in [-0.25, -0.2) is 0 Å². The summed E-state index contributed by atoms with van der Waals surface area (Å²) in [5, 5.41) is 0. The predicted molar refractivity (Wildman–Crippen MR) is 68.5 cm³/mol. The lowest BCUT2D eigenvalue weighted by molar-refractivity contribution is -0.141. The quantitative estimate of drug-likeness (QED) is 0.649. The number of rotatable bonds is 0. The third-order valence-electron chi connectivity index (χ3n) is 2.68. The molecule has 1 saturated heterocycles. The molecule has 1 aliphatic rings. The van der Waals surface area contributed by atoms with E-state index < -0.39 is 0 Å². The van der Waals surface area contributed by atoms with Gasteiger partial charge in [0.25, 0.3) is 0 Å². The number of hydrogen-bond donors (Lipinski definition) is 0. The molecule has 0 aromatic rings. The highest BCUT2D eigenvalue weighted by Gasteiger charge is 2.26. The standard InChI is InChI=1S/C13H25NO4/c1-13(2,3)12(15)14-4-6-16-8-10-18-11-9-17-7-5-14/h4-11H2,1-3H3. The van der Waals surface area contributed by atoms with Crippen LogP contribution in [0.25, 0.3) is 0 Å². The van der Waals surface area contributed by atoms with Crippen LogP contribution in [0.5, 0.6) is 0 Å². The molecule has 0 saturated carbocycles. The molecule has 0 radical (unpaired) electrons. The average Bonchev–Trinajstić information content (AvgIpc) is 2.28. The highest BCUT2D eigenvalue weighted by molar-refractivity contribution is 5.81. The molecule has 106 valence electrons. The fraction of sp³-hybridized carbons (Fsp3) is 0.923. The van der Waals surface area contributed by atoms with Crippen molar-refractivity contribution >= 4 is 5.91 Å². The van der Waals surface area contributed by atoms with Gasteiger partial charge in [-0.1, -0.05) is 20.8 Å². The molecule has 1 rings (SSSR count). The predicted octanol–water partition coefficient (Wildman–Crippen LogP) is 0.925. The van der Waals surface area contributed by atoms with Crippen molar-refractivity contribution in [3.8, 4) is 0 Å². The molecular formula is C13H25NO4. The molecule has 0 atom stereocenters. The van der Waals surface area contributed by atoms with Gasteiger partial charge in [-0.15, -0.1) is 0 Å². The van der Waals surface area contributed by atoms with Crippen LogP contribution in [0.3, 0.4) is 0 Å².